The second-order valence-electron chi connectivity index (χ2n) is 3.66. The summed E-state index contributed by atoms with van der Waals surface area (Å²) in [5.74, 6) is -2.61. The van der Waals surface area contributed by atoms with Crippen molar-refractivity contribution in [3.63, 3.8) is 0 Å². The second-order valence-corrected chi connectivity index (χ2v) is 3.66. The molecule has 1 fully saturated rings. The number of alkyl halides is 2. The van der Waals surface area contributed by atoms with Crippen LogP contribution in [-0.2, 0) is 0 Å². The first-order chi connectivity index (χ1) is 5.46. The number of hydrogen-bond acceptors (Lipinski definition) is 2. The van der Waals surface area contributed by atoms with Crippen LogP contribution >= 0.6 is 0 Å². The van der Waals surface area contributed by atoms with Crippen LogP contribution in [0.3, 0.4) is 0 Å². The zero-order chi connectivity index (χ0) is 9.35. The van der Waals surface area contributed by atoms with Crippen LogP contribution < -0.4 is 0 Å². The van der Waals surface area contributed by atoms with Gasteiger partial charge in [-0.2, -0.15) is 0 Å². The Labute approximate surface area is 71.2 Å². The first-order valence-corrected chi connectivity index (χ1v) is 4.21. The summed E-state index contributed by atoms with van der Waals surface area (Å²) in [6.07, 6.45) is -0.207. The van der Waals surface area contributed by atoms with Crippen molar-refractivity contribution < 1.29 is 13.9 Å². The number of aliphatic hydroxyl groups is 1. The molecule has 0 aromatic rings. The Kier molecular flexibility index (Phi) is 2.68. The summed E-state index contributed by atoms with van der Waals surface area (Å²) in [5.41, 5.74) is 0. The Hall–Kier alpha value is -0.220. The van der Waals surface area contributed by atoms with Gasteiger partial charge in [-0.15, -0.1) is 0 Å². The fraction of sp³-hybridized carbons (Fsp3) is 1.00. The molecule has 1 unspecified atom stereocenters. The maximum Gasteiger partial charge on any atom is 0.262 e. The Morgan fingerprint density at radius 3 is 2.50 bits per heavy atom. The first kappa shape index (κ1) is 9.86. The van der Waals surface area contributed by atoms with E-state index in [0.717, 1.165) is 0 Å². The van der Waals surface area contributed by atoms with Crippen LogP contribution in [0.2, 0.25) is 0 Å². The lowest BCUT2D eigenvalue weighted by atomic mass is 10.2. The number of aliphatic hydroxyl groups excluding tert-OH is 1. The largest absolute Gasteiger partial charge is 0.395 e. The molecule has 1 atom stereocenters. The van der Waals surface area contributed by atoms with Gasteiger partial charge in [0.05, 0.1) is 13.2 Å². The van der Waals surface area contributed by atoms with Crippen LogP contribution in [0.1, 0.15) is 20.3 Å². The normalized spacial score (nSPS) is 30.0. The maximum atomic E-state index is 12.8. The van der Waals surface area contributed by atoms with Crippen molar-refractivity contribution >= 4 is 0 Å². The van der Waals surface area contributed by atoms with Crippen LogP contribution in [0, 0.1) is 0 Å². The van der Waals surface area contributed by atoms with Crippen molar-refractivity contribution in [2.45, 2.75) is 38.3 Å². The number of hydrogen-bond donors (Lipinski definition) is 1. The van der Waals surface area contributed by atoms with Crippen molar-refractivity contribution in [2.75, 3.05) is 13.2 Å². The van der Waals surface area contributed by atoms with Gasteiger partial charge in [-0.3, -0.25) is 4.90 Å². The molecule has 12 heavy (non-hydrogen) atoms. The quantitative estimate of drug-likeness (QED) is 0.686. The predicted octanol–water partition coefficient (Wildman–Crippen LogP) is 1.10. The highest BCUT2D eigenvalue weighted by Gasteiger charge is 2.45. The fourth-order valence-electron chi connectivity index (χ4n) is 1.70. The predicted molar refractivity (Wildman–Crippen MR) is 42.3 cm³/mol. The van der Waals surface area contributed by atoms with E-state index in [9.17, 15) is 8.78 Å². The maximum absolute atomic E-state index is 12.8. The molecule has 2 nitrogen and oxygen atoms in total. The van der Waals surface area contributed by atoms with Gasteiger partial charge in [0.15, 0.2) is 0 Å². The third-order valence-corrected chi connectivity index (χ3v) is 2.29. The number of likely N-dealkylation sites (tertiary alicyclic amines) is 1. The van der Waals surface area contributed by atoms with Crippen molar-refractivity contribution in [3.8, 4) is 0 Å². The van der Waals surface area contributed by atoms with E-state index in [0.29, 0.717) is 0 Å². The summed E-state index contributed by atoms with van der Waals surface area (Å²) in [6, 6.07) is -0.282. The minimum absolute atomic E-state index is 0.0792. The van der Waals surface area contributed by atoms with Crippen molar-refractivity contribution in [1.29, 1.82) is 0 Å². The van der Waals surface area contributed by atoms with E-state index in [1.807, 2.05) is 13.8 Å². The molecule has 1 aliphatic rings. The third kappa shape index (κ3) is 1.93. The van der Waals surface area contributed by atoms with Gasteiger partial charge in [0, 0.05) is 18.5 Å². The van der Waals surface area contributed by atoms with Crippen molar-refractivity contribution in [1.82, 2.24) is 4.90 Å². The third-order valence-electron chi connectivity index (χ3n) is 2.29. The van der Waals surface area contributed by atoms with Gasteiger partial charge in [0.2, 0.25) is 0 Å². The van der Waals surface area contributed by atoms with Crippen LogP contribution in [-0.4, -0.2) is 41.2 Å². The smallest absolute Gasteiger partial charge is 0.262 e. The summed E-state index contributed by atoms with van der Waals surface area (Å²) in [6.45, 7) is 3.35. The molecule has 1 rings (SSSR count). The van der Waals surface area contributed by atoms with E-state index in [-0.39, 0.29) is 31.7 Å². The van der Waals surface area contributed by atoms with Crippen LogP contribution in [0.4, 0.5) is 8.78 Å². The van der Waals surface area contributed by atoms with Gasteiger partial charge in [-0.25, -0.2) is 8.78 Å². The minimum Gasteiger partial charge on any atom is -0.395 e. The molecule has 0 bridgehead atoms. The lowest BCUT2D eigenvalue weighted by Gasteiger charge is -2.25. The highest BCUT2D eigenvalue weighted by molar-refractivity contribution is 4.91. The number of rotatable bonds is 2. The molecule has 1 saturated heterocycles. The molecule has 72 valence electrons. The summed E-state index contributed by atoms with van der Waals surface area (Å²) >= 11 is 0. The van der Waals surface area contributed by atoms with Crippen molar-refractivity contribution in [3.05, 3.63) is 0 Å². The Balaban J connectivity index is 2.63. The molecule has 0 aliphatic carbocycles. The minimum atomic E-state index is -2.61. The van der Waals surface area contributed by atoms with E-state index in [1.54, 1.807) is 4.90 Å². The van der Waals surface area contributed by atoms with E-state index in [1.165, 1.54) is 0 Å². The Morgan fingerprint density at radius 2 is 2.17 bits per heavy atom. The van der Waals surface area contributed by atoms with E-state index < -0.39 is 5.92 Å². The van der Waals surface area contributed by atoms with Crippen LogP contribution in [0.25, 0.3) is 0 Å². The van der Waals surface area contributed by atoms with Gasteiger partial charge in [-0.1, -0.05) is 0 Å². The monoisotopic (exact) mass is 179 g/mol. The summed E-state index contributed by atoms with van der Waals surface area (Å²) in [4.78, 5) is 1.65. The highest BCUT2D eigenvalue weighted by Crippen LogP contribution is 2.32. The van der Waals surface area contributed by atoms with Gasteiger partial charge >= 0.3 is 0 Å². The SMILES string of the molecule is CC(C)N1CC(F)(F)CC1CO. The molecule has 0 radical (unpaired) electrons. The molecule has 0 aromatic heterocycles. The molecular formula is C8H15F2NO. The summed E-state index contributed by atoms with van der Waals surface area (Å²) < 4.78 is 25.7. The number of nitrogens with zero attached hydrogens (tertiary/aromatic N) is 1. The molecular weight excluding hydrogens is 164 g/mol. The molecule has 0 spiro atoms. The highest BCUT2D eigenvalue weighted by atomic mass is 19.3. The lowest BCUT2D eigenvalue weighted by Crippen LogP contribution is -2.38. The Morgan fingerprint density at radius 1 is 1.58 bits per heavy atom. The van der Waals surface area contributed by atoms with Gasteiger partial charge in [-0.05, 0) is 13.8 Å². The summed E-state index contributed by atoms with van der Waals surface area (Å²) in [7, 11) is 0. The van der Waals surface area contributed by atoms with Crippen molar-refractivity contribution in [2.24, 2.45) is 0 Å². The van der Waals surface area contributed by atoms with E-state index in [4.69, 9.17) is 5.11 Å². The molecule has 4 heteroatoms. The zero-order valence-corrected chi connectivity index (χ0v) is 7.43. The molecule has 1 aliphatic heterocycles. The lowest BCUT2D eigenvalue weighted by molar-refractivity contribution is 0.00914. The summed E-state index contributed by atoms with van der Waals surface area (Å²) in [5, 5.41) is 8.84. The topological polar surface area (TPSA) is 23.5 Å². The standard InChI is InChI=1S/C8H15F2NO/c1-6(2)11-5-8(9,10)3-7(11)4-12/h6-7,12H,3-5H2,1-2H3. The molecule has 1 heterocycles. The zero-order valence-electron chi connectivity index (χ0n) is 7.43. The van der Waals surface area contributed by atoms with Crippen LogP contribution in [0.15, 0.2) is 0 Å². The molecule has 1 N–H and O–H groups in total. The van der Waals surface area contributed by atoms with Crippen LogP contribution in [0.5, 0.6) is 0 Å². The first-order valence-electron chi connectivity index (χ1n) is 4.21. The number of halogens is 2. The average Bonchev–Trinajstić information content (AvgIpc) is 2.25. The van der Waals surface area contributed by atoms with Gasteiger partial charge in [0.1, 0.15) is 0 Å². The van der Waals surface area contributed by atoms with Gasteiger partial charge < -0.3 is 5.11 Å². The van der Waals surface area contributed by atoms with E-state index in [2.05, 4.69) is 0 Å². The Bertz CT molecular complexity index is 161. The van der Waals surface area contributed by atoms with E-state index >= 15 is 0 Å². The van der Waals surface area contributed by atoms with Gasteiger partial charge in [0.25, 0.3) is 5.92 Å². The molecule has 0 saturated carbocycles. The molecule has 0 amide bonds. The second kappa shape index (κ2) is 3.26. The average molecular weight is 179 g/mol. The molecule has 0 aromatic carbocycles. The fourth-order valence-corrected chi connectivity index (χ4v) is 1.70.